The Morgan fingerprint density at radius 1 is 1.45 bits per heavy atom. The first-order valence-electron chi connectivity index (χ1n) is 7.33. The van der Waals surface area contributed by atoms with Crippen molar-refractivity contribution in [2.45, 2.75) is 52.5 Å². The molecule has 1 aliphatic carbocycles. The maximum atomic E-state index is 12.1. The zero-order valence-electron chi connectivity index (χ0n) is 12.8. The molecule has 0 aromatic heterocycles. The van der Waals surface area contributed by atoms with Crippen molar-refractivity contribution in [1.29, 1.82) is 0 Å². The van der Waals surface area contributed by atoms with Crippen LogP contribution in [0.1, 0.15) is 46.5 Å². The van der Waals surface area contributed by atoms with Crippen molar-refractivity contribution < 1.29 is 4.79 Å². The topological polar surface area (TPSA) is 46.3 Å². The number of amides is 1. The third-order valence-electron chi connectivity index (χ3n) is 4.47. The summed E-state index contributed by atoms with van der Waals surface area (Å²) in [5.41, 5.74) is 8.81. The molecule has 0 aromatic rings. The molecule has 20 heavy (non-hydrogen) atoms. The molecule has 1 unspecified atom stereocenters. The molecule has 2 rings (SSSR count). The number of halogens is 1. The average molecular weight is 299 g/mol. The van der Waals surface area contributed by atoms with E-state index in [0.29, 0.717) is 6.54 Å². The summed E-state index contributed by atoms with van der Waals surface area (Å²) in [5, 5.41) is 0. The Kier molecular flexibility index (Phi) is 5.84. The van der Waals surface area contributed by atoms with Gasteiger partial charge >= 0.3 is 0 Å². The molecule has 1 heterocycles. The Labute approximate surface area is 128 Å². The van der Waals surface area contributed by atoms with E-state index in [-0.39, 0.29) is 29.8 Å². The van der Waals surface area contributed by atoms with Crippen LogP contribution in [0.25, 0.3) is 0 Å². The number of nitrogens with zero attached hydrogens (tertiary/aromatic N) is 1. The highest BCUT2D eigenvalue weighted by Crippen LogP contribution is 2.40. The van der Waals surface area contributed by atoms with Gasteiger partial charge in [-0.1, -0.05) is 25.5 Å². The van der Waals surface area contributed by atoms with Gasteiger partial charge in [0.1, 0.15) is 0 Å². The van der Waals surface area contributed by atoms with Gasteiger partial charge in [0.25, 0.3) is 0 Å². The first-order chi connectivity index (χ1) is 8.90. The Hall–Kier alpha value is -0.800. The lowest BCUT2D eigenvalue weighted by atomic mass is 9.72. The summed E-state index contributed by atoms with van der Waals surface area (Å²) in [6, 6.07) is 0.157. The highest BCUT2D eigenvalue weighted by molar-refractivity contribution is 5.88. The molecule has 2 N–H and O–H groups in total. The molecule has 114 valence electrons. The summed E-state index contributed by atoms with van der Waals surface area (Å²) in [4.78, 5) is 14.0. The van der Waals surface area contributed by atoms with Gasteiger partial charge in [-0.3, -0.25) is 4.79 Å². The molecule has 0 saturated carbocycles. The molecule has 1 atom stereocenters. The van der Waals surface area contributed by atoms with Crippen LogP contribution in [-0.4, -0.2) is 29.9 Å². The van der Waals surface area contributed by atoms with E-state index in [1.807, 2.05) is 11.0 Å². The number of likely N-dealkylation sites (tertiary alicyclic amines) is 1. The molecule has 1 fully saturated rings. The maximum absolute atomic E-state index is 12.1. The molecule has 1 amide bonds. The van der Waals surface area contributed by atoms with Crippen molar-refractivity contribution >= 4 is 18.3 Å². The summed E-state index contributed by atoms with van der Waals surface area (Å²) < 4.78 is 0. The Morgan fingerprint density at radius 2 is 2.15 bits per heavy atom. The molecule has 3 nitrogen and oxygen atoms in total. The van der Waals surface area contributed by atoms with E-state index in [2.05, 4.69) is 20.8 Å². The van der Waals surface area contributed by atoms with Gasteiger partial charge in [-0.25, -0.2) is 0 Å². The molecule has 0 radical (unpaired) electrons. The molecule has 0 bridgehead atoms. The largest absolute Gasteiger partial charge is 0.338 e. The number of carbonyl (C=O) groups excluding carboxylic acids is 1. The van der Waals surface area contributed by atoms with E-state index < -0.39 is 0 Å². The molecule has 4 heteroatoms. The first-order valence-corrected chi connectivity index (χ1v) is 7.33. The van der Waals surface area contributed by atoms with Gasteiger partial charge in [0.05, 0.1) is 0 Å². The maximum Gasteiger partial charge on any atom is 0.246 e. The monoisotopic (exact) mass is 298 g/mol. The van der Waals surface area contributed by atoms with Gasteiger partial charge in [-0.15, -0.1) is 12.4 Å². The SMILES string of the molecule is CC1=C(C=CC(=O)N2CCC(N)C2)C(C)(C)CCC1.Cl. The highest BCUT2D eigenvalue weighted by Gasteiger charge is 2.27. The molecular formula is C16H27ClN2O. The van der Waals surface area contributed by atoms with Crippen LogP contribution in [-0.2, 0) is 4.79 Å². The van der Waals surface area contributed by atoms with E-state index in [1.54, 1.807) is 6.08 Å². The Balaban J connectivity index is 0.00000200. The van der Waals surface area contributed by atoms with Crippen LogP contribution in [0.2, 0.25) is 0 Å². The molecule has 1 aliphatic heterocycles. The van der Waals surface area contributed by atoms with Crippen LogP contribution in [0.5, 0.6) is 0 Å². The van der Waals surface area contributed by atoms with Crippen molar-refractivity contribution in [3.63, 3.8) is 0 Å². The average Bonchev–Trinajstić information content (AvgIpc) is 2.74. The predicted octanol–water partition coefficient (Wildman–Crippen LogP) is 3.05. The zero-order chi connectivity index (χ0) is 14.0. The number of hydrogen-bond acceptors (Lipinski definition) is 2. The molecular weight excluding hydrogens is 272 g/mol. The van der Waals surface area contributed by atoms with E-state index >= 15 is 0 Å². The first kappa shape index (κ1) is 17.3. The number of rotatable bonds is 2. The fourth-order valence-corrected chi connectivity index (χ4v) is 3.26. The number of allylic oxidation sites excluding steroid dienone is 3. The van der Waals surface area contributed by atoms with Crippen LogP contribution in [0.3, 0.4) is 0 Å². The van der Waals surface area contributed by atoms with Gasteiger partial charge < -0.3 is 10.6 Å². The van der Waals surface area contributed by atoms with Gasteiger partial charge in [0, 0.05) is 25.2 Å². The molecule has 0 aromatic carbocycles. The van der Waals surface area contributed by atoms with Crippen molar-refractivity contribution in [3.8, 4) is 0 Å². The number of carbonyl (C=O) groups is 1. The van der Waals surface area contributed by atoms with Crippen molar-refractivity contribution in [2.24, 2.45) is 11.1 Å². The van der Waals surface area contributed by atoms with E-state index in [1.165, 1.54) is 24.0 Å². The van der Waals surface area contributed by atoms with Gasteiger partial charge in [-0.05, 0) is 43.6 Å². The van der Waals surface area contributed by atoms with Crippen LogP contribution in [0, 0.1) is 5.41 Å². The fourth-order valence-electron chi connectivity index (χ4n) is 3.26. The lowest BCUT2D eigenvalue weighted by Crippen LogP contribution is -2.30. The normalized spacial score (nSPS) is 26.0. The van der Waals surface area contributed by atoms with Crippen molar-refractivity contribution in [1.82, 2.24) is 4.90 Å². The van der Waals surface area contributed by atoms with Crippen LogP contribution < -0.4 is 5.73 Å². The van der Waals surface area contributed by atoms with Crippen LogP contribution in [0.15, 0.2) is 23.3 Å². The molecule has 2 aliphatic rings. The van der Waals surface area contributed by atoms with Crippen molar-refractivity contribution in [2.75, 3.05) is 13.1 Å². The zero-order valence-corrected chi connectivity index (χ0v) is 13.6. The fraction of sp³-hybridized carbons (Fsp3) is 0.688. The highest BCUT2D eigenvalue weighted by atomic mass is 35.5. The van der Waals surface area contributed by atoms with Crippen molar-refractivity contribution in [3.05, 3.63) is 23.3 Å². The lowest BCUT2D eigenvalue weighted by molar-refractivity contribution is -0.125. The Bertz CT molecular complexity index is 426. The Morgan fingerprint density at radius 3 is 2.70 bits per heavy atom. The summed E-state index contributed by atoms with van der Waals surface area (Å²) in [6.45, 7) is 8.23. The summed E-state index contributed by atoms with van der Waals surface area (Å²) >= 11 is 0. The minimum atomic E-state index is 0. The second-order valence-electron chi connectivity index (χ2n) is 6.60. The van der Waals surface area contributed by atoms with E-state index in [9.17, 15) is 4.79 Å². The minimum Gasteiger partial charge on any atom is -0.338 e. The smallest absolute Gasteiger partial charge is 0.246 e. The standard InChI is InChI=1S/C16H26N2O.ClH/c1-12-5-4-9-16(2,3)14(12)6-7-15(19)18-10-8-13(17)11-18;/h6-7,13H,4-5,8-11,17H2,1-3H3;1H. The predicted molar refractivity (Wildman–Crippen MR) is 85.9 cm³/mol. The summed E-state index contributed by atoms with van der Waals surface area (Å²) in [7, 11) is 0. The van der Waals surface area contributed by atoms with Gasteiger partial charge in [0.15, 0.2) is 0 Å². The summed E-state index contributed by atoms with van der Waals surface area (Å²) in [6.07, 6.45) is 8.32. The second-order valence-corrected chi connectivity index (χ2v) is 6.60. The third-order valence-corrected chi connectivity index (χ3v) is 4.47. The van der Waals surface area contributed by atoms with Crippen LogP contribution in [0.4, 0.5) is 0 Å². The summed E-state index contributed by atoms with van der Waals surface area (Å²) in [5.74, 6) is 0.106. The third kappa shape index (κ3) is 3.86. The van der Waals surface area contributed by atoms with E-state index in [0.717, 1.165) is 19.4 Å². The van der Waals surface area contributed by atoms with E-state index in [4.69, 9.17) is 5.73 Å². The number of hydrogen-bond donors (Lipinski definition) is 1. The lowest BCUT2D eigenvalue weighted by Gasteiger charge is -2.33. The quantitative estimate of drug-likeness (QED) is 0.797. The second kappa shape index (κ2) is 6.77. The van der Waals surface area contributed by atoms with Gasteiger partial charge in [0.2, 0.25) is 5.91 Å². The van der Waals surface area contributed by atoms with Crippen LogP contribution >= 0.6 is 12.4 Å². The molecule has 0 spiro atoms. The molecule has 1 saturated heterocycles. The van der Waals surface area contributed by atoms with Gasteiger partial charge in [-0.2, -0.15) is 0 Å². The minimum absolute atomic E-state index is 0. The number of nitrogens with two attached hydrogens (primary N) is 1.